The standard InChI is InChI=1S/C12H13ClN4O2S/c13-4-1-5-15-6-7-16-11-8-9(17(18)19)2-3-10(11)14-12(16)20-15/h2-3,8H,1,4-7H2. The van der Waals surface area contributed by atoms with Crippen LogP contribution in [0.4, 0.5) is 5.69 Å². The fourth-order valence-corrected chi connectivity index (χ4v) is 3.43. The first kappa shape index (κ1) is 13.7. The van der Waals surface area contributed by atoms with E-state index in [-0.39, 0.29) is 10.6 Å². The van der Waals surface area contributed by atoms with Gasteiger partial charge in [-0.25, -0.2) is 9.29 Å². The molecule has 1 aliphatic rings. The van der Waals surface area contributed by atoms with E-state index in [1.54, 1.807) is 24.1 Å². The Kier molecular flexibility index (Phi) is 3.82. The van der Waals surface area contributed by atoms with Crippen molar-refractivity contribution in [1.29, 1.82) is 0 Å². The highest BCUT2D eigenvalue weighted by atomic mass is 35.5. The third-order valence-corrected chi connectivity index (χ3v) is 4.60. The van der Waals surface area contributed by atoms with Crippen molar-refractivity contribution in [3.05, 3.63) is 28.3 Å². The molecule has 0 aliphatic carbocycles. The third-order valence-electron chi connectivity index (χ3n) is 3.23. The summed E-state index contributed by atoms with van der Waals surface area (Å²) in [7, 11) is 0. The van der Waals surface area contributed by atoms with Crippen LogP contribution in [0, 0.1) is 10.1 Å². The lowest BCUT2D eigenvalue weighted by molar-refractivity contribution is -0.384. The minimum absolute atomic E-state index is 0.106. The van der Waals surface area contributed by atoms with Crippen LogP contribution in [0.25, 0.3) is 11.0 Å². The third kappa shape index (κ3) is 2.48. The zero-order chi connectivity index (χ0) is 14.1. The summed E-state index contributed by atoms with van der Waals surface area (Å²) in [5.74, 6) is 0.652. The Balaban J connectivity index is 1.92. The first-order valence-corrected chi connectivity index (χ1v) is 7.63. The highest BCUT2D eigenvalue weighted by molar-refractivity contribution is 7.96. The van der Waals surface area contributed by atoms with Crippen LogP contribution in [0.15, 0.2) is 23.4 Å². The van der Waals surface area contributed by atoms with E-state index in [0.717, 1.165) is 42.2 Å². The number of alkyl halides is 1. The van der Waals surface area contributed by atoms with Gasteiger partial charge in [0.2, 0.25) is 0 Å². The SMILES string of the molecule is O=[N+]([O-])c1ccc2nc3n(c2c1)CCN(CCCCl)S3. The second-order valence-corrected chi connectivity index (χ2v) is 5.98. The van der Waals surface area contributed by atoms with E-state index in [1.807, 2.05) is 4.57 Å². The van der Waals surface area contributed by atoms with Gasteiger partial charge in [-0.15, -0.1) is 11.6 Å². The molecular formula is C12H13ClN4O2S. The maximum absolute atomic E-state index is 10.9. The minimum atomic E-state index is -0.373. The number of nitro groups is 1. The van der Waals surface area contributed by atoms with Crippen molar-refractivity contribution in [2.24, 2.45) is 0 Å². The smallest absolute Gasteiger partial charge is 0.271 e. The molecule has 0 spiro atoms. The van der Waals surface area contributed by atoms with Crippen LogP contribution in [-0.2, 0) is 6.54 Å². The molecule has 1 aromatic carbocycles. The lowest BCUT2D eigenvalue weighted by Crippen LogP contribution is -2.27. The lowest BCUT2D eigenvalue weighted by atomic mass is 10.3. The summed E-state index contributed by atoms with van der Waals surface area (Å²) in [6.45, 7) is 2.61. The molecule has 6 nitrogen and oxygen atoms in total. The van der Waals surface area contributed by atoms with Crippen molar-refractivity contribution in [2.45, 2.75) is 18.1 Å². The molecular weight excluding hydrogens is 300 g/mol. The topological polar surface area (TPSA) is 64.2 Å². The van der Waals surface area contributed by atoms with Gasteiger partial charge >= 0.3 is 0 Å². The number of rotatable bonds is 4. The van der Waals surface area contributed by atoms with Crippen molar-refractivity contribution in [2.75, 3.05) is 19.0 Å². The molecule has 0 atom stereocenters. The molecule has 1 aliphatic heterocycles. The van der Waals surface area contributed by atoms with E-state index < -0.39 is 0 Å². The molecule has 2 aromatic rings. The van der Waals surface area contributed by atoms with E-state index in [0.29, 0.717) is 5.88 Å². The summed E-state index contributed by atoms with van der Waals surface area (Å²) in [5, 5.41) is 11.7. The van der Waals surface area contributed by atoms with Gasteiger partial charge in [-0.3, -0.25) is 10.1 Å². The van der Waals surface area contributed by atoms with Gasteiger partial charge in [0.25, 0.3) is 5.69 Å². The highest BCUT2D eigenvalue weighted by Gasteiger charge is 2.22. The van der Waals surface area contributed by atoms with Gasteiger partial charge in [-0.2, -0.15) is 0 Å². The summed E-state index contributed by atoms with van der Waals surface area (Å²) in [6.07, 6.45) is 0.945. The van der Waals surface area contributed by atoms with Crippen molar-refractivity contribution in [3.63, 3.8) is 0 Å². The van der Waals surface area contributed by atoms with Crippen LogP contribution in [0.5, 0.6) is 0 Å². The predicted molar refractivity (Wildman–Crippen MR) is 79.2 cm³/mol. The molecule has 8 heteroatoms. The molecule has 0 saturated heterocycles. The van der Waals surface area contributed by atoms with Crippen LogP contribution in [-0.4, -0.2) is 37.7 Å². The number of benzene rings is 1. The normalized spacial score (nSPS) is 15.4. The van der Waals surface area contributed by atoms with Crippen molar-refractivity contribution < 1.29 is 4.92 Å². The zero-order valence-electron chi connectivity index (χ0n) is 10.7. The van der Waals surface area contributed by atoms with E-state index in [2.05, 4.69) is 9.29 Å². The van der Waals surface area contributed by atoms with Crippen LogP contribution >= 0.6 is 23.5 Å². The van der Waals surface area contributed by atoms with Crippen LogP contribution in [0.2, 0.25) is 0 Å². The Morgan fingerprint density at radius 1 is 1.45 bits per heavy atom. The first-order valence-electron chi connectivity index (χ1n) is 6.32. The van der Waals surface area contributed by atoms with E-state index in [9.17, 15) is 10.1 Å². The number of imidazole rings is 1. The molecule has 1 aromatic heterocycles. The molecule has 2 heterocycles. The summed E-state index contributed by atoms with van der Waals surface area (Å²) in [4.78, 5) is 15.0. The van der Waals surface area contributed by atoms with Crippen molar-refractivity contribution >= 4 is 40.3 Å². The number of fused-ring (bicyclic) bond motifs is 3. The number of non-ortho nitro benzene ring substituents is 1. The first-order chi connectivity index (χ1) is 9.69. The van der Waals surface area contributed by atoms with E-state index >= 15 is 0 Å². The van der Waals surface area contributed by atoms with Crippen molar-refractivity contribution in [3.8, 4) is 0 Å². The van der Waals surface area contributed by atoms with Gasteiger partial charge in [-0.05, 0) is 24.4 Å². The molecule has 0 bridgehead atoms. The Morgan fingerprint density at radius 2 is 2.30 bits per heavy atom. The Morgan fingerprint density at radius 3 is 3.05 bits per heavy atom. The molecule has 3 rings (SSSR count). The van der Waals surface area contributed by atoms with Gasteiger partial charge < -0.3 is 4.57 Å². The monoisotopic (exact) mass is 312 g/mol. The number of nitro benzene ring substituents is 1. The van der Waals surface area contributed by atoms with Crippen LogP contribution in [0.1, 0.15) is 6.42 Å². The summed E-state index contributed by atoms with van der Waals surface area (Å²) >= 11 is 7.31. The summed E-state index contributed by atoms with van der Waals surface area (Å²) in [6, 6.07) is 4.81. The Bertz CT molecular complexity index is 660. The summed E-state index contributed by atoms with van der Waals surface area (Å²) in [5.41, 5.74) is 1.74. The molecule has 106 valence electrons. The van der Waals surface area contributed by atoms with E-state index in [4.69, 9.17) is 11.6 Å². The Hall–Kier alpha value is -1.31. The van der Waals surface area contributed by atoms with E-state index in [1.165, 1.54) is 6.07 Å². The second kappa shape index (κ2) is 5.59. The molecule has 0 amide bonds. The highest BCUT2D eigenvalue weighted by Crippen LogP contribution is 2.32. The molecule has 0 N–H and O–H groups in total. The molecule has 0 radical (unpaired) electrons. The largest absolute Gasteiger partial charge is 0.316 e. The molecule has 0 unspecified atom stereocenters. The van der Waals surface area contributed by atoms with Gasteiger partial charge in [0.1, 0.15) is 0 Å². The lowest BCUT2D eigenvalue weighted by Gasteiger charge is -2.25. The van der Waals surface area contributed by atoms with Gasteiger partial charge in [0, 0.05) is 37.6 Å². The number of nitrogens with zero attached hydrogens (tertiary/aromatic N) is 4. The minimum Gasteiger partial charge on any atom is -0.316 e. The van der Waals surface area contributed by atoms with Gasteiger partial charge in [-0.1, -0.05) is 0 Å². The molecule has 0 saturated carbocycles. The number of hydrogen-bond donors (Lipinski definition) is 0. The molecule has 0 fully saturated rings. The van der Waals surface area contributed by atoms with Crippen molar-refractivity contribution in [1.82, 2.24) is 13.9 Å². The fraction of sp³-hybridized carbons (Fsp3) is 0.417. The quantitative estimate of drug-likeness (QED) is 0.376. The van der Waals surface area contributed by atoms with Gasteiger partial charge in [0.15, 0.2) is 5.16 Å². The molecule has 20 heavy (non-hydrogen) atoms. The number of hydrogen-bond acceptors (Lipinski definition) is 5. The second-order valence-electron chi connectivity index (χ2n) is 4.54. The number of halogens is 1. The Labute approximate surface area is 125 Å². The van der Waals surface area contributed by atoms with Crippen LogP contribution < -0.4 is 0 Å². The maximum Gasteiger partial charge on any atom is 0.271 e. The van der Waals surface area contributed by atoms with Crippen LogP contribution in [0.3, 0.4) is 0 Å². The summed E-state index contributed by atoms with van der Waals surface area (Å²) < 4.78 is 4.28. The van der Waals surface area contributed by atoms with Gasteiger partial charge in [0.05, 0.1) is 16.0 Å². The fourth-order valence-electron chi connectivity index (χ4n) is 2.25. The number of aromatic nitrogens is 2. The predicted octanol–water partition coefficient (Wildman–Crippen LogP) is 2.90. The zero-order valence-corrected chi connectivity index (χ0v) is 12.2. The average Bonchev–Trinajstić information content (AvgIpc) is 2.81. The maximum atomic E-state index is 10.9. The average molecular weight is 313 g/mol.